The van der Waals surface area contributed by atoms with E-state index >= 15 is 0 Å². The highest BCUT2D eigenvalue weighted by molar-refractivity contribution is 8.00. The van der Waals surface area contributed by atoms with Crippen molar-refractivity contribution in [2.45, 2.75) is 51.1 Å². The van der Waals surface area contributed by atoms with Gasteiger partial charge in [-0.2, -0.15) is 0 Å². The van der Waals surface area contributed by atoms with Gasteiger partial charge in [-0.15, -0.1) is 11.8 Å². The van der Waals surface area contributed by atoms with E-state index < -0.39 is 6.04 Å². The average Bonchev–Trinajstić information content (AvgIpc) is 2.93. The maximum absolute atomic E-state index is 13.0. The molecule has 0 N–H and O–H groups in total. The predicted molar refractivity (Wildman–Crippen MR) is 88.5 cm³/mol. The quantitative estimate of drug-likeness (QED) is 0.774. The van der Waals surface area contributed by atoms with Gasteiger partial charge in [0.15, 0.2) is 0 Å². The molecule has 126 valence electrons. The van der Waals surface area contributed by atoms with Crippen LogP contribution in [0.1, 0.15) is 32.8 Å². The summed E-state index contributed by atoms with van der Waals surface area (Å²) in [4.78, 5) is 26.6. The first-order valence-electron chi connectivity index (χ1n) is 7.80. The Morgan fingerprint density at radius 3 is 2.57 bits per heavy atom. The molecule has 0 saturated carbocycles. The number of halogens is 1. The second kappa shape index (κ2) is 7.81. The van der Waals surface area contributed by atoms with E-state index in [1.54, 1.807) is 42.6 Å². The van der Waals surface area contributed by atoms with Crippen LogP contribution in [0.2, 0.25) is 0 Å². The molecule has 2 atom stereocenters. The highest BCUT2D eigenvalue weighted by Gasteiger charge is 2.41. The summed E-state index contributed by atoms with van der Waals surface area (Å²) in [6, 6.07) is 5.32. The van der Waals surface area contributed by atoms with Crippen LogP contribution in [-0.4, -0.2) is 40.0 Å². The van der Waals surface area contributed by atoms with Crippen LogP contribution in [0.25, 0.3) is 0 Å². The fourth-order valence-corrected chi connectivity index (χ4v) is 3.94. The Labute approximate surface area is 140 Å². The van der Waals surface area contributed by atoms with Crippen LogP contribution < -0.4 is 0 Å². The first-order valence-corrected chi connectivity index (χ1v) is 8.85. The lowest BCUT2D eigenvalue weighted by Gasteiger charge is -2.28. The van der Waals surface area contributed by atoms with Crippen LogP contribution in [0.5, 0.6) is 0 Å². The fraction of sp³-hybridized carbons (Fsp3) is 0.529. The SMILES string of the molecule is CCC1SCC(C(=O)OC(C)C)N1C(=O)Cc1ccc(F)cc1. The van der Waals surface area contributed by atoms with Gasteiger partial charge in [0, 0.05) is 5.75 Å². The van der Waals surface area contributed by atoms with Crippen molar-refractivity contribution >= 4 is 23.6 Å². The molecule has 0 radical (unpaired) electrons. The van der Waals surface area contributed by atoms with Gasteiger partial charge in [-0.05, 0) is 38.0 Å². The summed E-state index contributed by atoms with van der Waals surface area (Å²) in [5, 5.41) is -0.0207. The number of esters is 1. The molecule has 1 aromatic carbocycles. The Morgan fingerprint density at radius 2 is 2.00 bits per heavy atom. The highest BCUT2D eigenvalue weighted by atomic mass is 32.2. The van der Waals surface area contributed by atoms with E-state index in [1.165, 1.54) is 12.1 Å². The smallest absolute Gasteiger partial charge is 0.330 e. The van der Waals surface area contributed by atoms with Gasteiger partial charge in [-0.1, -0.05) is 19.1 Å². The van der Waals surface area contributed by atoms with E-state index in [9.17, 15) is 14.0 Å². The topological polar surface area (TPSA) is 46.6 Å². The third kappa shape index (κ3) is 4.47. The van der Waals surface area contributed by atoms with Crippen LogP contribution in [0.4, 0.5) is 4.39 Å². The molecule has 0 spiro atoms. The lowest BCUT2D eigenvalue weighted by Crippen LogP contribution is -2.47. The molecule has 2 unspecified atom stereocenters. The van der Waals surface area contributed by atoms with Crippen LogP contribution in [-0.2, 0) is 20.7 Å². The zero-order valence-corrected chi connectivity index (χ0v) is 14.4. The molecule has 0 bridgehead atoms. The monoisotopic (exact) mass is 339 g/mol. The minimum absolute atomic E-state index is 0.0207. The van der Waals surface area contributed by atoms with Crippen molar-refractivity contribution < 1.29 is 18.7 Å². The Morgan fingerprint density at radius 1 is 1.35 bits per heavy atom. The lowest BCUT2D eigenvalue weighted by molar-refractivity contribution is -0.157. The van der Waals surface area contributed by atoms with Crippen molar-refractivity contribution in [1.82, 2.24) is 4.90 Å². The number of nitrogens with zero attached hydrogens (tertiary/aromatic N) is 1. The Balaban J connectivity index is 2.12. The van der Waals surface area contributed by atoms with Crippen molar-refractivity contribution in [1.29, 1.82) is 0 Å². The molecule has 1 saturated heterocycles. The molecular weight excluding hydrogens is 317 g/mol. The molecule has 1 fully saturated rings. The zero-order chi connectivity index (χ0) is 17.0. The van der Waals surface area contributed by atoms with E-state index in [0.29, 0.717) is 5.75 Å². The van der Waals surface area contributed by atoms with Gasteiger partial charge in [0.25, 0.3) is 0 Å². The molecule has 1 amide bonds. The van der Waals surface area contributed by atoms with Crippen molar-refractivity contribution in [2.75, 3.05) is 5.75 Å². The van der Waals surface area contributed by atoms with Gasteiger partial charge in [0.2, 0.25) is 5.91 Å². The molecule has 23 heavy (non-hydrogen) atoms. The Kier molecular flexibility index (Phi) is 6.04. The third-order valence-corrected chi connectivity index (χ3v) is 5.08. The van der Waals surface area contributed by atoms with Crippen LogP contribution in [0, 0.1) is 5.82 Å². The number of ether oxygens (including phenoxy) is 1. The Bertz CT molecular complexity index is 561. The van der Waals surface area contributed by atoms with Crippen molar-refractivity contribution in [2.24, 2.45) is 0 Å². The van der Waals surface area contributed by atoms with Gasteiger partial charge in [-0.3, -0.25) is 4.79 Å². The summed E-state index contributed by atoms with van der Waals surface area (Å²) in [6.45, 7) is 5.58. The molecule has 2 rings (SSSR count). The first kappa shape index (κ1) is 17.8. The van der Waals surface area contributed by atoms with E-state index in [1.807, 2.05) is 6.92 Å². The summed E-state index contributed by atoms with van der Waals surface area (Å²) >= 11 is 1.60. The maximum atomic E-state index is 13.0. The summed E-state index contributed by atoms with van der Waals surface area (Å²) in [5.74, 6) is -0.253. The number of rotatable bonds is 5. The van der Waals surface area contributed by atoms with Crippen molar-refractivity contribution in [3.8, 4) is 0 Å². The summed E-state index contributed by atoms with van der Waals surface area (Å²) < 4.78 is 18.2. The standard InChI is InChI=1S/C17H22FNO3S/c1-4-16-19(14(10-23-16)17(21)22-11(2)3)15(20)9-12-5-7-13(18)8-6-12/h5-8,11,14,16H,4,9-10H2,1-3H3. The normalized spacial score (nSPS) is 20.8. The maximum Gasteiger partial charge on any atom is 0.330 e. The number of carbonyl (C=O) groups excluding carboxylic acids is 2. The largest absolute Gasteiger partial charge is 0.461 e. The summed E-state index contributed by atoms with van der Waals surface area (Å²) in [7, 11) is 0. The number of hydrogen-bond donors (Lipinski definition) is 0. The Hall–Kier alpha value is -1.56. The third-order valence-electron chi connectivity index (χ3n) is 3.62. The van der Waals surface area contributed by atoms with Crippen LogP contribution in [0.15, 0.2) is 24.3 Å². The zero-order valence-electron chi connectivity index (χ0n) is 13.6. The van der Waals surface area contributed by atoms with Gasteiger partial charge in [0.1, 0.15) is 11.9 Å². The number of carbonyl (C=O) groups is 2. The molecule has 1 aliphatic rings. The van der Waals surface area contributed by atoms with E-state index in [-0.39, 0.29) is 35.6 Å². The molecule has 1 aliphatic heterocycles. The van der Waals surface area contributed by atoms with Crippen molar-refractivity contribution in [3.05, 3.63) is 35.6 Å². The molecule has 0 aliphatic carbocycles. The first-order chi connectivity index (χ1) is 10.9. The van der Waals surface area contributed by atoms with Gasteiger partial charge in [-0.25, -0.2) is 9.18 Å². The average molecular weight is 339 g/mol. The summed E-state index contributed by atoms with van der Waals surface area (Å²) in [6.07, 6.45) is 0.718. The van der Waals surface area contributed by atoms with Crippen LogP contribution in [0.3, 0.4) is 0 Å². The van der Waals surface area contributed by atoms with E-state index in [0.717, 1.165) is 12.0 Å². The van der Waals surface area contributed by atoms with Gasteiger partial charge < -0.3 is 9.64 Å². The number of amides is 1. The number of thioether (sulfide) groups is 1. The molecule has 4 nitrogen and oxygen atoms in total. The van der Waals surface area contributed by atoms with E-state index in [4.69, 9.17) is 4.74 Å². The molecular formula is C17H22FNO3S. The van der Waals surface area contributed by atoms with E-state index in [2.05, 4.69) is 0 Å². The van der Waals surface area contributed by atoms with Crippen LogP contribution >= 0.6 is 11.8 Å². The minimum atomic E-state index is -0.541. The number of benzene rings is 1. The predicted octanol–water partition coefficient (Wildman–Crippen LogP) is 3.00. The molecule has 1 heterocycles. The summed E-state index contributed by atoms with van der Waals surface area (Å²) in [5.41, 5.74) is 0.735. The highest BCUT2D eigenvalue weighted by Crippen LogP contribution is 2.32. The van der Waals surface area contributed by atoms with Gasteiger partial charge in [0.05, 0.1) is 17.9 Å². The fourth-order valence-electron chi connectivity index (χ4n) is 2.57. The minimum Gasteiger partial charge on any atom is -0.461 e. The second-order valence-corrected chi connectivity index (χ2v) is 7.01. The van der Waals surface area contributed by atoms with Crippen molar-refractivity contribution in [3.63, 3.8) is 0 Å². The second-order valence-electron chi connectivity index (χ2n) is 5.80. The van der Waals surface area contributed by atoms with Gasteiger partial charge >= 0.3 is 5.97 Å². The molecule has 1 aromatic rings. The lowest BCUT2D eigenvalue weighted by atomic mass is 10.1. The number of hydrogen-bond acceptors (Lipinski definition) is 4. The molecule has 6 heteroatoms. The molecule has 0 aromatic heterocycles.